The first-order chi connectivity index (χ1) is 16.3. The third kappa shape index (κ3) is 4.83. The molecular formula is C24H30FN3O5S. The number of methoxy groups -OCH3 is 2. The number of para-hydroxylation sites is 1. The van der Waals surface area contributed by atoms with Crippen molar-refractivity contribution in [2.24, 2.45) is 5.92 Å². The number of anilines is 2. The zero-order valence-corrected chi connectivity index (χ0v) is 20.2. The molecule has 0 aliphatic carbocycles. The van der Waals surface area contributed by atoms with E-state index in [4.69, 9.17) is 9.47 Å². The highest BCUT2D eigenvalue weighted by Crippen LogP contribution is 2.34. The van der Waals surface area contributed by atoms with Crippen molar-refractivity contribution in [1.29, 1.82) is 0 Å². The molecular weight excluding hydrogens is 461 g/mol. The van der Waals surface area contributed by atoms with Crippen LogP contribution >= 0.6 is 0 Å². The van der Waals surface area contributed by atoms with Crippen LogP contribution in [0.25, 0.3) is 0 Å². The van der Waals surface area contributed by atoms with E-state index < -0.39 is 21.8 Å². The summed E-state index contributed by atoms with van der Waals surface area (Å²) in [4.78, 5) is 15.2. The molecule has 2 aliphatic rings. The number of amides is 1. The van der Waals surface area contributed by atoms with E-state index in [9.17, 15) is 17.6 Å². The second-order valence-corrected chi connectivity index (χ2v) is 10.5. The molecule has 2 aromatic carbocycles. The zero-order chi connectivity index (χ0) is 24.3. The normalized spacial score (nSPS) is 17.6. The third-order valence-electron chi connectivity index (χ3n) is 6.50. The molecule has 0 unspecified atom stereocenters. The van der Waals surface area contributed by atoms with Crippen LogP contribution in [0.4, 0.5) is 15.8 Å². The van der Waals surface area contributed by atoms with E-state index in [0.717, 1.165) is 25.9 Å². The molecule has 0 bridgehead atoms. The van der Waals surface area contributed by atoms with E-state index >= 15 is 0 Å². The monoisotopic (exact) mass is 491 g/mol. The van der Waals surface area contributed by atoms with Crippen LogP contribution in [0, 0.1) is 11.7 Å². The van der Waals surface area contributed by atoms with E-state index in [-0.39, 0.29) is 29.6 Å². The molecule has 2 saturated heterocycles. The van der Waals surface area contributed by atoms with Crippen LogP contribution in [-0.4, -0.2) is 59.0 Å². The molecule has 0 radical (unpaired) electrons. The number of benzene rings is 2. The Labute approximate surface area is 199 Å². The van der Waals surface area contributed by atoms with Gasteiger partial charge in [0.25, 0.3) is 0 Å². The molecule has 0 saturated carbocycles. The summed E-state index contributed by atoms with van der Waals surface area (Å²) in [5.74, 6) is -0.377. The minimum Gasteiger partial charge on any atom is -0.493 e. The summed E-state index contributed by atoms with van der Waals surface area (Å²) in [6, 6.07) is 9.28. The second kappa shape index (κ2) is 10.2. The maximum Gasteiger partial charge on any atom is 0.243 e. The summed E-state index contributed by atoms with van der Waals surface area (Å²) in [6.45, 7) is 2.06. The summed E-state index contributed by atoms with van der Waals surface area (Å²) in [7, 11) is -0.822. The minimum absolute atomic E-state index is 0.106. The van der Waals surface area contributed by atoms with Crippen molar-refractivity contribution >= 4 is 27.3 Å². The van der Waals surface area contributed by atoms with Crippen LogP contribution in [0.1, 0.15) is 25.7 Å². The van der Waals surface area contributed by atoms with Gasteiger partial charge in [0.1, 0.15) is 11.5 Å². The van der Waals surface area contributed by atoms with Crippen LogP contribution in [-0.2, 0) is 14.8 Å². The highest BCUT2D eigenvalue weighted by Gasteiger charge is 2.33. The number of ether oxygens (including phenoxy) is 2. The second-order valence-electron chi connectivity index (χ2n) is 8.51. The Kier molecular flexibility index (Phi) is 7.27. The van der Waals surface area contributed by atoms with Gasteiger partial charge in [-0.1, -0.05) is 6.07 Å². The summed E-state index contributed by atoms with van der Waals surface area (Å²) in [6.07, 6.45) is 2.78. The smallest absolute Gasteiger partial charge is 0.243 e. The molecule has 0 aromatic heterocycles. The molecule has 0 atom stereocenters. The van der Waals surface area contributed by atoms with Gasteiger partial charge in [-0.05, 0) is 49.9 Å². The van der Waals surface area contributed by atoms with Crippen molar-refractivity contribution in [2.45, 2.75) is 30.6 Å². The Morgan fingerprint density at radius 2 is 1.68 bits per heavy atom. The van der Waals surface area contributed by atoms with Gasteiger partial charge in [0.15, 0.2) is 11.5 Å². The fraction of sp³-hybridized carbons (Fsp3) is 0.458. The SMILES string of the molecule is COc1ccc(S(=O)(=O)N2CCC(C(=O)Nc3c(F)cccc3N3CCCC3)CC2)cc1OC. The highest BCUT2D eigenvalue weighted by molar-refractivity contribution is 7.89. The standard InChI is InChI=1S/C24H30FN3O5S/c1-32-21-9-8-18(16-22(21)33-2)34(30,31)28-14-10-17(11-15-28)24(29)26-23-19(25)6-5-7-20(23)27-12-3-4-13-27/h5-9,16-17H,3-4,10-15H2,1-2H3,(H,26,29). The lowest BCUT2D eigenvalue weighted by Crippen LogP contribution is -2.41. The summed E-state index contributed by atoms with van der Waals surface area (Å²) < 4.78 is 52.6. The average Bonchev–Trinajstić information content (AvgIpc) is 3.39. The lowest BCUT2D eigenvalue weighted by atomic mass is 9.97. The lowest BCUT2D eigenvalue weighted by Gasteiger charge is -2.31. The molecule has 0 spiro atoms. The molecule has 2 aliphatic heterocycles. The van der Waals surface area contributed by atoms with Gasteiger partial charge in [0.05, 0.1) is 24.8 Å². The van der Waals surface area contributed by atoms with Crippen molar-refractivity contribution < 1.29 is 27.1 Å². The molecule has 2 aromatic rings. The maximum atomic E-state index is 14.6. The Morgan fingerprint density at radius 1 is 1.00 bits per heavy atom. The molecule has 2 heterocycles. The number of carbonyl (C=O) groups excluding carboxylic acids is 1. The van der Waals surface area contributed by atoms with Crippen molar-refractivity contribution in [3.8, 4) is 11.5 Å². The largest absolute Gasteiger partial charge is 0.493 e. The zero-order valence-electron chi connectivity index (χ0n) is 19.4. The van der Waals surface area contributed by atoms with E-state index in [2.05, 4.69) is 10.2 Å². The number of nitrogens with one attached hydrogen (secondary N) is 1. The van der Waals surface area contributed by atoms with Crippen molar-refractivity contribution in [3.05, 3.63) is 42.2 Å². The van der Waals surface area contributed by atoms with E-state index in [1.165, 1.54) is 36.7 Å². The summed E-state index contributed by atoms with van der Waals surface area (Å²) in [5.41, 5.74) is 0.897. The van der Waals surface area contributed by atoms with Crippen molar-refractivity contribution in [3.63, 3.8) is 0 Å². The maximum absolute atomic E-state index is 14.6. The predicted octanol–water partition coefficient (Wildman–Crippen LogP) is 3.48. The molecule has 10 heteroatoms. The van der Waals surface area contributed by atoms with E-state index in [1.54, 1.807) is 12.1 Å². The van der Waals surface area contributed by atoms with Crippen LogP contribution in [0.2, 0.25) is 0 Å². The topological polar surface area (TPSA) is 88.2 Å². The highest BCUT2D eigenvalue weighted by atomic mass is 32.2. The quantitative estimate of drug-likeness (QED) is 0.638. The number of hydrogen-bond donors (Lipinski definition) is 1. The van der Waals surface area contributed by atoms with Crippen LogP contribution < -0.4 is 19.7 Å². The third-order valence-corrected chi connectivity index (χ3v) is 8.40. The molecule has 2 fully saturated rings. The molecule has 4 rings (SSSR count). The van der Waals surface area contributed by atoms with Gasteiger partial charge >= 0.3 is 0 Å². The number of rotatable bonds is 7. The lowest BCUT2D eigenvalue weighted by molar-refractivity contribution is -0.120. The Morgan fingerprint density at radius 3 is 2.32 bits per heavy atom. The van der Waals surface area contributed by atoms with Gasteiger partial charge < -0.3 is 19.7 Å². The molecule has 1 amide bonds. The molecule has 1 N–H and O–H groups in total. The molecule has 8 nitrogen and oxygen atoms in total. The fourth-order valence-corrected chi connectivity index (χ4v) is 6.05. The Balaban J connectivity index is 1.43. The van der Waals surface area contributed by atoms with Gasteiger partial charge in [-0.15, -0.1) is 0 Å². The van der Waals surface area contributed by atoms with Crippen LogP contribution in [0.3, 0.4) is 0 Å². The predicted molar refractivity (Wildman–Crippen MR) is 128 cm³/mol. The number of sulfonamides is 1. The fourth-order valence-electron chi connectivity index (χ4n) is 4.57. The number of nitrogens with zero attached hydrogens (tertiary/aromatic N) is 2. The Bertz CT molecular complexity index is 1140. The van der Waals surface area contributed by atoms with Gasteiger partial charge in [-0.25, -0.2) is 12.8 Å². The first-order valence-corrected chi connectivity index (χ1v) is 12.9. The van der Waals surface area contributed by atoms with Gasteiger partial charge in [-0.3, -0.25) is 4.79 Å². The number of hydrogen-bond acceptors (Lipinski definition) is 6. The van der Waals surface area contributed by atoms with Gasteiger partial charge in [0.2, 0.25) is 15.9 Å². The van der Waals surface area contributed by atoms with Gasteiger partial charge in [0, 0.05) is 38.2 Å². The van der Waals surface area contributed by atoms with E-state index in [1.807, 2.05) is 6.07 Å². The first kappa shape index (κ1) is 24.3. The minimum atomic E-state index is -3.75. The van der Waals surface area contributed by atoms with Gasteiger partial charge in [-0.2, -0.15) is 4.31 Å². The first-order valence-electron chi connectivity index (χ1n) is 11.4. The molecule has 34 heavy (non-hydrogen) atoms. The number of piperidine rings is 1. The van der Waals surface area contributed by atoms with Crippen molar-refractivity contribution in [1.82, 2.24) is 4.31 Å². The van der Waals surface area contributed by atoms with E-state index in [0.29, 0.717) is 30.0 Å². The number of carbonyl (C=O) groups is 1. The van der Waals surface area contributed by atoms with Crippen LogP contribution in [0.15, 0.2) is 41.3 Å². The summed E-state index contributed by atoms with van der Waals surface area (Å²) >= 11 is 0. The summed E-state index contributed by atoms with van der Waals surface area (Å²) in [5, 5.41) is 2.78. The van der Waals surface area contributed by atoms with Crippen LogP contribution in [0.5, 0.6) is 11.5 Å². The average molecular weight is 492 g/mol. The van der Waals surface area contributed by atoms with Crippen molar-refractivity contribution in [2.75, 3.05) is 50.6 Å². The number of halogens is 1. The molecule has 184 valence electrons. The Hall–Kier alpha value is -2.85.